The van der Waals surface area contributed by atoms with Gasteiger partial charge in [0.05, 0.1) is 13.2 Å². The highest BCUT2D eigenvalue weighted by atomic mass is 16.5. The Labute approximate surface area is 159 Å². The van der Waals surface area contributed by atoms with Gasteiger partial charge in [0.15, 0.2) is 0 Å². The van der Waals surface area contributed by atoms with E-state index >= 15 is 0 Å². The van der Waals surface area contributed by atoms with Gasteiger partial charge in [0.1, 0.15) is 18.4 Å². The maximum atomic E-state index is 12.4. The number of rotatable bonds is 7. The van der Waals surface area contributed by atoms with Crippen molar-refractivity contribution in [2.45, 2.75) is 39.5 Å². The molecule has 0 saturated heterocycles. The fourth-order valence-corrected chi connectivity index (χ4v) is 2.62. The third-order valence-corrected chi connectivity index (χ3v) is 4.15. The summed E-state index contributed by atoms with van der Waals surface area (Å²) in [6, 6.07) is 14.1. The van der Waals surface area contributed by atoms with Gasteiger partial charge in [-0.3, -0.25) is 4.79 Å². The Morgan fingerprint density at radius 3 is 2.41 bits per heavy atom. The average molecular weight is 370 g/mol. The largest absolute Gasteiger partial charge is 0.496 e. The molecule has 2 aromatic carbocycles. The fraction of sp³-hybridized carbons (Fsp3) is 0.333. The van der Waals surface area contributed by atoms with Gasteiger partial charge in [-0.1, -0.05) is 48.0 Å². The van der Waals surface area contributed by atoms with Crippen LogP contribution in [0.1, 0.15) is 36.6 Å². The zero-order valence-corrected chi connectivity index (χ0v) is 16.1. The SMILES string of the molecule is COc1ccc(C)cc1C(C)NC(=O)[C@H](C)NC(=O)OCc1ccccc1. The van der Waals surface area contributed by atoms with Crippen LogP contribution in [0.4, 0.5) is 4.79 Å². The number of benzene rings is 2. The molecule has 2 amide bonds. The Morgan fingerprint density at radius 2 is 1.74 bits per heavy atom. The molecule has 0 aromatic heterocycles. The molecule has 0 aliphatic carbocycles. The Hall–Kier alpha value is -3.02. The predicted molar refractivity (Wildman–Crippen MR) is 104 cm³/mol. The van der Waals surface area contributed by atoms with Gasteiger partial charge in [-0.15, -0.1) is 0 Å². The molecule has 2 atom stereocenters. The van der Waals surface area contributed by atoms with E-state index in [0.29, 0.717) is 5.75 Å². The van der Waals surface area contributed by atoms with Crippen molar-refractivity contribution in [1.29, 1.82) is 0 Å². The third kappa shape index (κ3) is 6.02. The number of carbonyl (C=O) groups excluding carboxylic acids is 2. The normalized spacial score (nSPS) is 12.6. The number of hydrogen-bond acceptors (Lipinski definition) is 4. The van der Waals surface area contributed by atoms with Gasteiger partial charge in [-0.05, 0) is 32.4 Å². The Kier molecular flexibility index (Phi) is 7.23. The van der Waals surface area contributed by atoms with Crippen LogP contribution in [-0.2, 0) is 16.1 Å². The molecule has 6 nitrogen and oxygen atoms in total. The van der Waals surface area contributed by atoms with Crippen molar-refractivity contribution in [2.24, 2.45) is 0 Å². The van der Waals surface area contributed by atoms with Crippen molar-refractivity contribution in [2.75, 3.05) is 7.11 Å². The zero-order valence-electron chi connectivity index (χ0n) is 16.1. The summed E-state index contributed by atoms with van der Waals surface area (Å²) in [5.74, 6) is 0.402. The lowest BCUT2D eigenvalue weighted by molar-refractivity contribution is -0.123. The summed E-state index contributed by atoms with van der Waals surface area (Å²) in [6.45, 7) is 5.61. The van der Waals surface area contributed by atoms with Gasteiger partial charge >= 0.3 is 6.09 Å². The van der Waals surface area contributed by atoms with Gasteiger partial charge < -0.3 is 20.1 Å². The molecule has 0 aliphatic heterocycles. The van der Waals surface area contributed by atoms with Gasteiger partial charge in [0.25, 0.3) is 0 Å². The van der Waals surface area contributed by atoms with Crippen LogP contribution in [0, 0.1) is 6.92 Å². The molecule has 6 heteroatoms. The lowest BCUT2D eigenvalue weighted by atomic mass is 10.0. The molecular weight excluding hydrogens is 344 g/mol. The molecule has 144 valence electrons. The van der Waals surface area contributed by atoms with E-state index in [1.165, 1.54) is 0 Å². The topological polar surface area (TPSA) is 76.7 Å². The number of aryl methyl sites for hydroxylation is 1. The van der Waals surface area contributed by atoms with Crippen molar-refractivity contribution in [3.63, 3.8) is 0 Å². The first-order valence-corrected chi connectivity index (χ1v) is 8.83. The van der Waals surface area contributed by atoms with E-state index in [0.717, 1.165) is 16.7 Å². The highest BCUT2D eigenvalue weighted by Gasteiger charge is 2.20. The van der Waals surface area contributed by atoms with Crippen molar-refractivity contribution < 1.29 is 19.1 Å². The second kappa shape index (κ2) is 9.62. The molecule has 0 heterocycles. The van der Waals surface area contributed by atoms with Gasteiger partial charge in [-0.25, -0.2) is 4.79 Å². The molecule has 0 aliphatic rings. The van der Waals surface area contributed by atoms with Crippen LogP contribution < -0.4 is 15.4 Å². The molecule has 2 aromatic rings. The number of alkyl carbamates (subject to hydrolysis) is 1. The summed E-state index contributed by atoms with van der Waals surface area (Å²) in [4.78, 5) is 24.3. The lowest BCUT2D eigenvalue weighted by Crippen LogP contribution is -2.45. The van der Waals surface area contributed by atoms with E-state index in [4.69, 9.17) is 9.47 Å². The molecular formula is C21H26N2O4. The van der Waals surface area contributed by atoms with Crippen LogP contribution in [0.2, 0.25) is 0 Å². The van der Waals surface area contributed by atoms with E-state index in [-0.39, 0.29) is 18.6 Å². The number of amides is 2. The smallest absolute Gasteiger partial charge is 0.408 e. The van der Waals surface area contributed by atoms with Crippen molar-refractivity contribution >= 4 is 12.0 Å². The molecule has 0 spiro atoms. The Morgan fingerprint density at radius 1 is 1.04 bits per heavy atom. The second-order valence-electron chi connectivity index (χ2n) is 6.40. The Bertz CT molecular complexity index is 777. The van der Waals surface area contributed by atoms with E-state index in [2.05, 4.69) is 10.6 Å². The summed E-state index contributed by atoms with van der Waals surface area (Å²) < 4.78 is 10.5. The molecule has 2 N–H and O–H groups in total. The van der Waals surface area contributed by atoms with E-state index in [1.807, 2.05) is 62.4 Å². The molecule has 27 heavy (non-hydrogen) atoms. The zero-order chi connectivity index (χ0) is 19.8. The monoisotopic (exact) mass is 370 g/mol. The van der Waals surface area contributed by atoms with E-state index in [1.54, 1.807) is 14.0 Å². The second-order valence-corrected chi connectivity index (χ2v) is 6.40. The first-order chi connectivity index (χ1) is 12.9. The standard InChI is InChI=1S/C21H26N2O4/c1-14-10-11-19(26-4)18(12-14)15(2)22-20(24)16(3)23-21(25)27-13-17-8-6-5-7-9-17/h5-12,15-16H,13H2,1-4H3,(H,22,24)(H,23,25)/t15?,16-/m0/s1. The highest BCUT2D eigenvalue weighted by Crippen LogP contribution is 2.26. The van der Waals surface area contributed by atoms with Crippen LogP contribution in [0.25, 0.3) is 0 Å². The minimum absolute atomic E-state index is 0.151. The van der Waals surface area contributed by atoms with Crippen molar-refractivity contribution in [3.8, 4) is 5.75 Å². The lowest BCUT2D eigenvalue weighted by Gasteiger charge is -2.20. The first kappa shape index (κ1) is 20.3. The number of hydrogen-bond donors (Lipinski definition) is 2. The summed E-state index contributed by atoms with van der Waals surface area (Å²) in [7, 11) is 1.59. The van der Waals surface area contributed by atoms with Crippen molar-refractivity contribution in [3.05, 3.63) is 65.2 Å². The average Bonchev–Trinajstić information content (AvgIpc) is 2.67. The summed E-state index contributed by atoms with van der Waals surface area (Å²) in [5, 5.41) is 5.43. The molecule has 0 saturated carbocycles. The Balaban J connectivity index is 1.87. The van der Waals surface area contributed by atoms with Crippen LogP contribution in [0.15, 0.2) is 48.5 Å². The minimum Gasteiger partial charge on any atom is -0.496 e. The summed E-state index contributed by atoms with van der Waals surface area (Å²) >= 11 is 0. The quantitative estimate of drug-likeness (QED) is 0.782. The highest BCUT2D eigenvalue weighted by molar-refractivity contribution is 5.85. The number of nitrogens with one attached hydrogen (secondary N) is 2. The molecule has 1 unspecified atom stereocenters. The fourth-order valence-electron chi connectivity index (χ4n) is 2.62. The maximum Gasteiger partial charge on any atom is 0.408 e. The third-order valence-electron chi connectivity index (χ3n) is 4.15. The van der Waals surface area contributed by atoms with Gasteiger partial charge in [0.2, 0.25) is 5.91 Å². The van der Waals surface area contributed by atoms with Crippen LogP contribution in [0.5, 0.6) is 5.75 Å². The molecule has 0 fully saturated rings. The van der Waals surface area contributed by atoms with Crippen molar-refractivity contribution in [1.82, 2.24) is 10.6 Å². The van der Waals surface area contributed by atoms with E-state index in [9.17, 15) is 9.59 Å². The van der Waals surface area contributed by atoms with Gasteiger partial charge in [0, 0.05) is 5.56 Å². The minimum atomic E-state index is -0.730. The maximum absolute atomic E-state index is 12.4. The molecule has 0 bridgehead atoms. The van der Waals surface area contributed by atoms with Crippen LogP contribution in [0.3, 0.4) is 0 Å². The number of carbonyl (C=O) groups is 2. The van der Waals surface area contributed by atoms with Crippen LogP contribution in [-0.4, -0.2) is 25.2 Å². The van der Waals surface area contributed by atoms with Gasteiger partial charge in [-0.2, -0.15) is 0 Å². The summed E-state index contributed by atoms with van der Waals surface area (Å²) in [5.41, 5.74) is 2.83. The van der Waals surface area contributed by atoms with Crippen LogP contribution >= 0.6 is 0 Å². The number of ether oxygens (including phenoxy) is 2. The first-order valence-electron chi connectivity index (χ1n) is 8.83. The molecule has 2 rings (SSSR count). The predicted octanol–water partition coefficient (Wildman–Crippen LogP) is 3.50. The van der Waals surface area contributed by atoms with E-state index < -0.39 is 12.1 Å². The number of methoxy groups -OCH3 is 1. The molecule has 0 radical (unpaired) electrons. The summed E-state index contributed by atoms with van der Waals surface area (Å²) in [6.07, 6.45) is -0.637.